The van der Waals surface area contributed by atoms with Crippen LogP contribution in [0.2, 0.25) is 0 Å². The van der Waals surface area contributed by atoms with E-state index in [9.17, 15) is 13.2 Å². The smallest absolute Gasteiger partial charge is 0.319 e. The largest absolute Gasteiger partial charge is 0.334 e. The first kappa shape index (κ1) is 12.9. The molecule has 2 heterocycles. The number of amides is 2. The average molecular weight is 272 g/mol. The SMILES string of the molecule is CCn1cc(NC(=O)N[C@H]2CCS(=O)(=O)C2)cn1. The minimum Gasteiger partial charge on any atom is -0.334 e. The summed E-state index contributed by atoms with van der Waals surface area (Å²) in [5, 5.41) is 9.29. The van der Waals surface area contributed by atoms with Crippen molar-refractivity contribution < 1.29 is 13.2 Å². The zero-order valence-electron chi connectivity index (χ0n) is 10.1. The van der Waals surface area contributed by atoms with E-state index in [0.717, 1.165) is 6.54 Å². The zero-order valence-corrected chi connectivity index (χ0v) is 10.9. The van der Waals surface area contributed by atoms with Gasteiger partial charge in [0.15, 0.2) is 9.84 Å². The zero-order chi connectivity index (χ0) is 13.2. The fraction of sp³-hybridized carbons (Fsp3) is 0.600. The maximum atomic E-state index is 11.6. The van der Waals surface area contributed by atoms with E-state index in [2.05, 4.69) is 15.7 Å². The number of nitrogens with zero attached hydrogens (tertiary/aromatic N) is 2. The van der Waals surface area contributed by atoms with Gasteiger partial charge in [0.2, 0.25) is 0 Å². The standard InChI is InChI=1S/C10H16N4O3S/c1-2-14-6-9(5-11-14)13-10(15)12-8-3-4-18(16,17)7-8/h5-6,8H,2-4,7H2,1H3,(H2,12,13,15)/t8-/m0/s1. The molecule has 1 aromatic rings. The van der Waals surface area contributed by atoms with Gasteiger partial charge in [0, 0.05) is 18.8 Å². The van der Waals surface area contributed by atoms with E-state index < -0.39 is 15.9 Å². The maximum absolute atomic E-state index is 11.6. The van der Waals surface area contributed by atoms with Crippen molar-refractivity contribution in [3.63, 3.8) is 0 Å². The van der Waals surface area contributed by atoms with Gasteiger partial charge in [0.25, 0.3) is 0 Å². The number of carbonyl (C=O) groups is 1. The van der Waals surface area contributed by atoms with Crippen molar-refractivity contribution in [1.29, 1.82) is 0 Å². The summed E-state index contributed by atoms with van der Waals surface area (Å²) in [6.07, 6.45) is 3.74. The normalized spacial score (nSPS) is 21.7. The number of carbonyl (C=O) groups excluding carboxylic acids is 1. The van der Waals surface area contributed by atoms with Gasteiger partial charge in [-0.1, -0.05) is 0 Å². The van der Waals surface area contributed by atoms with Crippen LogP contribution in [0.1, 0.15) is 13.3 Å². The highest BCUT2D eigenvalue weighted by atomic mass is 32.2. The molecule has 1 aliphatic heterocycles. The average Bonchev–Trinajstić information content (AvgIpc) is 2.85. The first-order valence-corrected chi connectivity index (χ1v) is 7.61. The lowest BCUT2D eigenvalue weighted by Gasteiger charge is -2.10. The van der Waals surface area contributed by atoms with E-state index in [1.165, 1.54) is 0 Å². The number of aromatic nitrogens is 2. The molecule has 100 valence electrons. The van der Waals surface area contributed by atoms with Crippen LogP contribution in [-0.2, 0) is 16.4 Å². The molecule has 7 nitrogen and oxygen atoms in total. The predicted octanol–water partition coefficient (Wildman–Crippen LogP) is 0.212. The Bertz CT molecular complexity index is 537. The third-order valence-corrected chi connectivity index (χ3v) is 4.55. The topological polar surface area (TPSA) is 93.1 Å². The Morgan fingerprint density at radius 1 is 1.61 bits per heavy atom. The number of hydrogen-bond donors (Lipinski definition) is 2. The lowest BCUT2D eigenvalue weighted by molar-refractivity contribution is 0.249. The molecule has 1 aromatic heterocycles. The van der Waals surface area contributed by atoms with Crippen LogP contribution in [0.15, 0.2) is 12.4 Å². The molecule has 0 bridgehead atoms. The molecular weight excluding hydrogens is 256 g/mol. The highest BCUT2D eigenvalue weighted by Gasteiger charge is 2.28. The molecule has 18 heavy (non-hydrogen) atoms. The molecule has 1 atom stereocenters. The summed E-state index contributed by atoms with van der Waals surface area (Å²) in [5.74, 6) is 0.167. The second-order valence-corrected chi connectivity index (χ2v) is 6.51. The fourth-order valence-electron chi connectivity index (χ4n) is 1.86. The number of aryl methyl sites for hydroxylation is 1. The molecule has 1 aliphatic rings. The number of hydrogen-bond acceptors (Lipinski definition) is 4. The Balaban J connectivity index is 1.86. The number of rotatable bonds is 3. The van der Waals surface area contributed by atoms with Crippen LogP contribution >= 0.6 is 0 Å². The van der Waals surface area contributed by atoms with Crippen molar-refractivity contribution in [2.45, 2.75) is 25.9 Å². The van der Waals surface area contributed by atoms with Crippen LogP contribution in [0.25, 0.3) is 0 Å². The van der Waals surface area contributed by atoms with Crippen molar-refractivity contribution in [3.05, 3.63) is 12.4 Å². The number of sulfone groups is 1. The molecule has 0 radical (unpaired) electrons. The van der Waals surface area contributed by atoms with E-state index in [4.69, 9.17) is 0 Å². The van der Waals surface area contributed by atoms with Crippen LogP contribution in [0, 0.1) is 0 Å². The fourth-order valence-corrected chi connectivity index (χ4v) is 3.54. The summed E-state index contributed by atoms with van der Waals surface area (Å²) in [5.41, 5.74) is 0.593. The first-order chi connectivity index (χ1) is 8.48. The molecule has 1 saturated heterocycles. The molecule has 8 heteroatoms. The second kappa shape index (κ2) is 4.97. The number of anilines is 1. The van der Waals surface area contributed by atoms with Gasteiger partial charge in [-0.2, -0.15) is 5.10 Å². The summed E-state index contributed by atoms with van der Waals surface area (Å²) in [6.45, 7) is 2.67. The summed E-state index contributed by atoms with van der Waals surface area (Å²) in [6, 6.07) is -0.691. The minimum absolute atomic E-state index is 0.0225. The van der Waals surface area contributed by atoms with Gasteiger partial charge in [-0.25, -0.2) is 13.2 Å². The van der Waals surface area contributed by atoms with Crippen LogP contribution in [0.4, 0.5) is 10.5 Å². The highest BCUT2D eigenvalue weighted by molar-refractivity contribution is 7.91. The number of urea groups is 1. The Morgan fingerprint density at radius 2 is 2.39 bits per heavy atom. The number of nitrogens with one attached hydrogen (secondary N) is 2. The predicted molar refractivity (Wildman–Crippen MR) is 67.1 cm³/mol. The van der Waals surface area contributed by atoms with Crippen molar-refractivity contribution >= 4 is 21.6 Å². The molecule has 2 N–H and O–H groups in total. The monoisotopic (exact) mass is 272 g/mol. The summed E-state index contributed by atoms with van der Waals surface area (Å²) >= 11 is 0. The van der Waals surface area contributed by atoms with Gasteiger partial charge in [-0.15, -0.1) is 0 Å². The van der Waals surface area contributed by atoms with Crippen molar-refractivity contribution in [2.75, 3.05) is 16.8 Å². The van der Waals surface area contributed by atoms with Crippen molar-refractivity contribution in [3.8, 4) is 0 Å². The van der Waals surface area contributed by atoms with E-state index in [-0.39, 0.29) is 17.5 Å². The minimum atomic E-state index is -2.97. The third-order valence-electron chi connectivity index (χ3n) is 2.78. The maximum Gasteiger partial charge on any atom is 0.319 e. The molecule has 2 rings (SSSR count). The Hall–Kier alpha value is -1.57. The van der Waals surface area contributed by atoms with Crippen LogP contribution in [0.3, 0.4) is 0 Å². The molecule has 2 amide bonds. The van der Waals surface area contributed by atoms with Crippen molar-refractivity contribution in [1.82, 2.24) is 15.1 Å². The molecule has 0 aliphatic carbocycles. The Morgan fingerprint density at radius 3 is 2.94 bits per heavy atom. The van der Waals surface area contributed by atoms with E-state index >= 15 is 0 Å². The second-order valence-electron chi connectivity index (χ2n) is 4.28. The molecule has 0 aromatic carbocycles. The van der Waals surface area contributed by atoms with Gasteiger partial charge < -0.3 is 10.6 Å². The Labute approximate surface area is 105 Å². The Kier molecular flexibility index (Phi) is 3.55. The molecule has 0 saturated carbocycles. The van der Waals surface area contributed by atoms with E-state index in [1.54, 1.807) is 17.1 Å². The van der Waals surface area contributed by atoms with E-state index in [1.807, 2.05) is 6.92 Å². The summed E-state index contributed by atoms with van der Waals surface area (Å²) in [7, 11) is -2.97. The first-order valence-electron chi connectivity index (χ1n) is 5.79. The van der Waals surface area contributed by atoms with Gasteiger partial charge >= 0.3 is 6.03 Å². The van der Waals surface area contributed by atoms with Gasteiger partial charge in [0.1, 0.15) is 0 Å². The molecular formula is C10H16N4O3S. The van der Waals surface area contributed by atoms with Gasteiger partial charge in [0.05, 0.1) is 23.4 Å². The lowest BCUT2D eigenvalue weighted by atomic mass is 10.3. The molecule has 1 fully saturated rings. The highest BCUT2D eigenvalue weighted by Crippen LogP contribution is 2.11. The van der Waals surface area contributed by atoms with Crippen LogP contribution < -0.4 is 10.6 Å². The molecule has 0 unspecified atom stereocenters. The van der Waals surface area contributed by atoms with Gasteiger partial charge in [-0.05, 0) is 13.3 Å². The lowest BCUT2D eigenvalue weighted by Crippen LogP contribution is -2.38. The van der Waals surface area contributed by atoms with E-state index in [0.29, 0.717) is 12.1 Å². The molecule has 0 spiro atoms. The van der Waals surface area contributed by atoms with Gasteiger partial charge in [-0.3, -0.25) is 4.68 Å². The van der Waals surface area contributed by atoms with Crippen LogP contribution in [0.5, 0.6) is 0 Å². The van der Waals surface area contributed by atoms with Crippen LogP contribution in [-0.4, -0.2) is 41.8 Å². The van der Waals surface area contributed by atoms with Crippen molar-refractivity contribution in [2.24, 2.45) is 0 Å². The third kappa shape index (κ3) is 3.22. The summed E-state index contributed by atoms with van der Waals surface area (Å²) < 4.78 is 24.2. The quantitative estimate of drug-likeness (QED) is 0.822. The summed E-state index contributed by atoms with van der Waals surface area (Å²) in [4.78, 5) is 11.6.